The Morgan fingerprint density at radius 2 is 2.00 bits per heavy atom. The zero-order valence-electron chi connectivity index (χ0n) is 9.76. The fraction of sp³-hybridized carbons (Fsp3) is 1.00. The van der Waals surface area contributed by atoms with E-state index in [4.69, 9.17) is 4.74 Å². The fourth-order valence-electron chi connectivity index (χ4n) is 1.22. The van der Waals surface area contributed by atoms with E-state index in [1.54, 1.807) is 0 Å². The van der Waals surface area contributed by atoms with E-state index in [0.717, 1.165) is 31.6 Å². The molecule has 3 heteroatoms. The molecule has 0 radical (unpaired) electrons. The van der Waals surface area contributed by atoms with E-state index in [1.165, 1.54) is 13.0 Å². The second kappa shape index (κ2) is 9.94. The molecule has 0 aromatic carbocycles. The van der Waals surface area contributed by atoms with Gasteiger partial charge in [0.1, 0.15) is 0 Å². The minimum atomic E-state index is 0.646. The SMILES string of the molecule is CCN(CCCBr)CCOCC(C)C. The maximum Gasteiger partial charge on any atom is 0.0593 e. The molecule has 0 aromatic rings. The van der Waals surface area contributed by atoms with Crippen LogP contribution in [0.2, 0.25) is 0 Å². The summed E-state index contributed by atoms with van der Waals surface area (Å²) in [6.07, 6.45) is 1.22. The predicted octanol–water partition coefficient (Wildman–Crippen LogP) is 2.77. The smallest absolute Gasteiger partial charge is 0.0593 e. The summed E-state index contributed by atoms with van der Waals surface area (Å²) >= 11 is 3.45. The van der Waals surface area contributed by atoms with E-state index in [0.29, 0.717) is 5.92 Å². The highest BCUT2D eigenvalue weighted by molar-refractivity contribution is 9.09. The first-order valence-corrected chi connectivity index (χ1v) is 6.68. The zero-order chi connectivity index (χ0) is 10.8. The highest BCUT2D eigenvalue weighted by Gasteiger charge is 2.01. The van der Waals surface area contributed by atoms with E-state index < -0.39 is 0 Å². The van der Waals surface area contributed by atoms with Gasteiger partial charge in [0.25, 0.3) is 0 Å². The Labute approximate surface area is 97.1 Å². The van der Waals surface area contributed by atoms with Crippen molar-refractivity contribution in [1.82, 2.24) is 4.90 Å². The molecule has 86 valence electrons. The third kappa shape index (κ3) is 8.97. The van der Waals surface area contributed by atoms with Crippen molar-refractivity contribution in [2.24, 2.45) is 5.92 Å². The molecule has 2 nitrogen and oxygen atoms in total. The number of hydrogen-bond acceptors (Lipinski definition) is 2. The molecule has 0 fully saturated rings. The molecule has 0 spiro atoms. The van der Waals surface area contributed by atoms with Gasteiger partial charge in [-0.15, -0.1) is 0 Å². The third-order valence-corrected chi connectivity index (χ3v) is 2.62. The largest absolute Gasteiger partial charge is 0.380 e. The molecule has 0 atom stereocenters. The Hall–Kier alpha value is 0.400. The Kier molecular flexibility index (Phi) is 10.2. The quantitative estimate of drug-likeness (QED) is 0.470. The maximum absolute atomic E-state index is 5.55. The predicted molar refractivity (Wildman–Crippen MR) is 66.2 cm³/mol. The molecule has 14 heavy (non-hydrogen) atoms. The molecule has 0 bridgehead atoms. The fourth-order valence-corrected chi connectivity index (χ4v) is 1.47. The molecule has 0 aromatic heterocycles. The molecule has 0 unspecified atom stereocenters. The van der Waals surface area contributed by atoms with Crippen LogP contribution in [0.1, 0.15) is 27.2 Å². The van der Waals surface area contributed by atoms with Crippen LogP contribution >= 0.6 is 15.9 Å². The van der Waals surface area contributed by atoms with Crippen molar-refractivity contribution >= 4 is 15.9 Å². The number of likely N-dealkylation sites (N-methyl/N-ethyl adjacent to an activating group) is 1. The summed E-state index contributed by atoms with van der Waals surface area (Å²) in [4.78, 5) is 2.43. The molecule has 0 N–H and O–H groups in total. The topological polar surface area (TPSA) is 12.5 Å². The minimum Gasteiger partial charge on any atom is -0.380 e. The van der Waals surface area contributed by atoms with Crippen LogP contribution in [0, 0.1) is 5.92 Å². The summed E-state index contributed by atoms with van der Waals surface area (Å²) < 4.78 is 5.55. The van der Waals surface area contributed by atoms with Crippen LogP contribution in [-0.4, -0.2) is 43.1 Å². The standard InChI is InChI=1S/C11H24BrNO/c1-4-13(7-5-6-12)8-9-14-10-11(2)3/h11H,4-10H2,1-3H3. The Morgan fingerprint density at radius 3 is 2.50 bits per heavy atom. The highest BCUT2D eigenvalue weighted by Crippen LogP contribution is 1.96. The van der Waals surface area contributed by atoms with E-state index in [2.05, 4.69) is 41.6 Å². The molecule has 0 amide bonds. The first-order chi connectivity index (χ1) is 6.70. The number of halogens is 1. The average Bonchev–Trinajstić information content (AvgIpc) is 2.16. The van der Waals surface area contributed by atoms with Gasteiger partial charge in [-0.2, -0.15) is 0 Å². The number of hydrogen-bond donors (Lipinski definition) is 0. The number of rotatable bonds is 9. The molecule has 0 aliphatic carbocycles. The second-order valence-corrected chi connectivity index (χ2v) is 4.74. The number of nitrogens with zero attached hydrogens (tertiary/aromatic N) is 1. The van der Waals surface area contributed by atoms with Crippen molar-refractivity contribution < 1.29 is 4.74 Å². The van der Waals surface area contributed by atoms with Crippen LogP contribution in [0.4, 0.5) is 0 Å². The summed E-state index contributed by atoms with van der Waals surface area (Å²) in [6.45, 7) is 11.7. The van der Waals surface area contributed by atoms with Gasteiger partial charge in [-0.1, -0.05) is 36.7 Å². The van der Waals surface area contributed by atoms with E-state index in [9.17, 15) is 0 Å². The van der Waals surface area contributed by atoms with E-state index in [-0.39, 0.29) is 0 Å². The normalized spacial score (nSPS) is 11.6. The first-order valence-electron chi connectivity index (χ1n) is 5.56. The lowest BCUT2D eigenvalue weighted by atomic mass is 10.2. The van der Waals surface area contributed by atoms with Gasteiger partial charge < -0.3 is 9.64 Å². The molecule has 0 saturated carbocycles. The summed E-state index contributed by atoms with van der Waals surface area (Å²) in [5, 5.41) is 1.09. The van der Waals surface area contributed by atoms with Crippen LogP contribution in [0.25, 0.3) is 0 Å². The lowest BCUT2D eigenvalue weighted by molar-refractivity contribution is 0.0868. The van der Waals surface area contributed by atoms with Gasteiger partial charge >= 0.3 is 0 Å². The molecule has 0 heterocycles. The van der Waals surface area contributed by atoms with Gasteiger partial charge in [0, 0.05) is 18.5 Å². The summed E-state index contributed by atoms with van der Waals surface area (Å²) in [7, 11) is 0. The van der Waals surface area contributed by atoms with Crippen LogP contribution in [0.5, 0.6) is 0 Å². The summed E-state index contributed by atoms with van der Waals surface area (Å²) in [6, 6.07) is 0. The highest BCUT2D eigenvalue weighted by atomic mass is 79.9. The number of ether oxygens (including phenoxy) is 1. The van der Waals surface area contributed by atoms with Crippen LogP contribution in [-0.2, 0) is 4.74 Å². The van der Waals surface area contributed by atoms with Gasteiger partial charge in [-0.3, -0.25) is 0 Å². The molecule has 0 saturated heterocycles. The molecule has 0 aliphatic rings. The number of alkyl halides is 1. The summed E-state index contributed by atoms with van der Waals surface area (Å²) in [5.41, 5.74) is 0. The monoisotopic (exact) mass is 265 g/mol. The summed E-state index contributed by atoms with van der Waals surface area (Å²) in [5.74, 6) is 0.646. The Bertz CT molecular complexity index is 120. The maximum atomic E-state index is 5.55. The minimum absolute atomic E-state index is 0.646. The van der Waals surface area contributed by atoms with Gasteiger partial charge in [0.15, 0.2) is 0 Å². The molecule has 0 rings (SSSR count). The zero-order valence-corrected chi connectivity index (χ0v) is 11.3. The third-order valence-electron chi connectivity index (χ3n) is 2.06. The van der Waals surface area contributed by atoms with Crippen molar-refractivity contribution in [3.05, 3.63) is 0 Å². The van der Waals surface area contributed by atoms with Crippen LogP contribution in [0.15, 0.2) is 0 Å². The van der Waals surface area contributed by atoms with Crippen molar-refractivity contribution in [2.75, 3.05) is 38.2 Å². The van der Waals surface area contributed by atoms with Gasteiger partial charge in [-0.05, 0) is 25.4 Å². The van der Waals surface area contributed by atoms with Crippen LogP contribution < -0.4 is 0 Å². The molecular formula is C11H24BrNO. The average molecular weight is 266 g/mol. The van der Waals surface area contributed by atoms with Crippen molar-refractivity contribution in [3.8, 4) is 0 Å². The van der Waals surface area contributed by atoms with Crippen molar-refractivity contribution in [3.63, 3.8) is 0 Å². The van der Waals surface area contributed by atoms with E-state index in [1.807, 2.05) is 0 Å². The lowest BCUT2D eigenvalue weighted by Crippen LogP contribution is -2.29. The Morgan fingerprint density at radius 1 is 1.29 bits per heavy atom. The Balaban J connectivity index is 3.33. The van der Waals surface area contributed by atoms with Crippen molar-refractivity contribution in [2.45, 2.75) is 27.2 Å². The lowest BCUT2D eigenvalue weighted by Gasteiger charge is -2.19. The van der Waals surface area contributed by atoms with Gasteiger partial charge in [-0.25, -0.2) is 0 Å². The van der Waals surface area contributed by atoms with Gasteiger partial charge in [0.2, 0.25) is 0 Å². The molecular weight excluding hydrogens is 242 g/mol. The first kappa shape index (κ1) is 14.4. The van der Waals surface area contributed by atoms with Gasteiger partial charge in [0.05, 0.1) is 6.61 Å². The second-order valence-electron chi connectivity index (χ2n) is 3.95. The van der Waals surface area contributed by atoms with Crippen molar-refractivity contribution in [1.29, 1.82) is 0 Å². The van der Waals surface area contributed by atoms with Crippen LogP contribution in [0.3, 0.4) is 0 Å². The molecule has 0 aliphatic heterocycles. The van der Waals surface area contributed by atoms with E-state index >= 15 is 0 Å².